The van der Waals surface area contributed by atoms with Gasteiger partial charge < -0.3 is 15.0 Å². The summed E-state index contributed by atoms with van der Waals surface area (Å²) in [5, 5.41) is 2.88. The number of anilines is 2. The molecule has 1 N–H and O–H groups in total. The van der Waals surface area contributed by atoms with Crippen molar-refractivity contribution in [3.05, 3.63) is 42.1 Å². The number of benzene rings is 1. The van der Waals surface area contributed by atoms with Crippen LogP contribution in [0, 0.1) is 0 Å². The summed E-state index contributed by atoms with van der Waals surface area (Å²) >= 11 is 0. The molecule has 0 aliphatic rings. The zero-order chi connectivity index (χ0) is 23.0. The third kappa shape index (κ3) is 5.54. The van der Waals surface area contributed by atoms with Crippen LogP contribution in [0.5, 0.6) is 5.88 Å². The van der Waals surface area contributed by atoms with E-state index in [-0.39, 0.29) is 16.3 Å². The van der Waals surface area contributed by atoms with E-state index < -0.39 is 15.9 Å². The van der Waals surface area contributed by atoms with Gasteiger partial charge in [0, 0.05) is 32.4 Å². The van der Waals surface area contributed by atoms with Gasteiger partial charge in [-0.25, -0.2) is 13.4 Å². The molecule has 2 aromatic rings. The van der Waals surface area contributed by atoms with Crippen LogP contribution in [0.4, 0.5) is 11.4 Å². The zero-order valence-corrected chi connectivity index (χ0v) is 19.7. The van der Waals surface area contributed by atoms with Crippen molar-refractivity contribution < 1.29 is 17.9 Å². The highest BCUT2D eigenvalue weighted by molar-refractivity contribution is 7.89. The van der Waals surface area contributed by atoms with Crippen LogP contribution in [0.2, 0.25) is 0 Å². The van der Waals surface area contributed by atoms with Crippen molar-refractivity contribution >= 4 is 27.3 Å². The van der Waals surface area contributed by atoms with Gasteiger partial charge in [-0.05, 0) is 51.1 Å². The first-order chi connectivity index (χ1) is 14.8. The molecule has 170 valence electrons. The third-order valence-electron chi connectivity index (χ3n) is 4.96. The fourth-order valence-electron chi connectivity index (χ4n) is 3.33. The van der Waals surface area contributed by atoms with Crippen LogP contribution < -0.4 is 15.0 Å². The molecule has 2 rings (SSSR count). The van der Waals surface area contributed by atoms with Crippen LogP contribution >= 0.6 is 0 Å². The molecule has 9 heteroatoms. The Labute approximate surface area is 185 Å². The van der Waals surface area contributed by atoms with Crippen LogP contribution in [0.3, 0.4) is 0 Å². The Morgan fingerprint density at radius 3 is 2.29 bits per heavy atom. The maximum Gasteiger partial charge on any atom is 0.261 e. The molecule has 8 nitrogen and oxygen atoms in total. The van der Waals surface area contributed by atoms with Gasteiger partial charge in [-0.15, -0.1) is 0 Å². The molecule has 1 aromatic carbocycles. The molecule has 0 saturated heterocycles. The topological polar surface area (TPSA) is 91.8 Å². The number of carbonyl (C=O) groups is 1. The third-order valence-corrected chi connectivity index (χ3v) is 7.01. The Hall–Kier alpha value is -2.65. The van der Waals surface area contributed by atoms with Crippen LogP contribution in [0.25, 0.3) is 0 Å². The average molecular weight is 449 g/mol. The molecule has 0 atom stereocenters. The van der Waals surface area contributed by atoms with E-state index in [2.05, 4.69) is 15.2 Å². The highest BCUT2D eigenvalue weighted by Gasteiger charge is 2.24. The van der Waals surface area contributed by atoms with Crippen LogP contribution in [0.1, 0.15) is 45.0 Å². The normalized spacial score (nSPS) is 11.4. The number of rotatable bonds is 11. The second kappa shape index (κ2) is 11.1. The molecular weight excluding hydrogens is 416 g/mol. The van der Waals surface area contributed by atoms with E-state index in [1.165, 1.54) is 10.4 Å². The van der Waals surface area contributed by atoms with Gasteiger partial charge in [-0.1, -0.05) is 13.8 Å². The maximum absolute atomic E-state index is 13.1. The minimum absolute atomic E-state index is 0.138. The predicted octanol–water partition coefficient (Wildman–Crippen LogP) is 3.61. The highest BCUT2D eigenvalue weighted by atomic mass is 32.2. The molecule has 1 heterocycles. The Bertz CT molecular complexity index is 987. The average Bonchev–Trinajstić information content (AvgIpc) is 2.76. The summed E-state index contributed by atoms with van der Waals surface area (Å²) in [6, 6.07) is 8.14. The van der Waals surface area contributed by atoms with Crippen LogP contribution in [-0.2, 0) is 10.0 Å². The van der Waals surface area contributed by atoms with E-state index in [1.54, 1.807) is 44.3 Å². The lowest BCUT2D eigenvalue weighted by Crippen LogP contribution is -2.31. The van der Waals surface area contributed by atoms with Crippen molar-refractivity contribution in [2.24, 2.45) is 0 Å². The molecule has 0 saturated carbocycles. The Balaban J connectivity index is 2.54. The molecule has 0 aliphatic carbocycles. The van der Waals surface area contributed by atoms with E-state index in [9.17, 15) is 13.2 Å². The van der Waals surface area contributed by atoms with E-state index in [0.717, 1.165) is 5.69 Å². The molecule has 0 bridgehead atoms. The highest BCUT2D eigenvalue weighted by Crippen LogP contribution is 2.31. The summed E-state index contributed by atoms with van der Waals surface area (Å²) in [5.41, 5.74) is 1.46. The van der Waals surface area contributed by atoms with Crippen molar-refractivity contribution in [3.8, 4) is 5.88 Å². The molecule has 0 spiro atoms. The molecule has 1 amide bonds. The van der Waals surface area contributed by atoms with Crippen molar-refractivity contribution in [3.63, 3.8) is 0 Å². The Morgan fingerprint density at radius 1 is 1.03 bits per heavy atom. The lowest BCUT2D eigenvalue weighted by atomic mass is 10.2. The van der Waals surface area contributed by atoms with E-state index >= 15 is 0 Å². The lowest BCUT2D eigenvalue weighted by Gasteiger charge is -2.26. The van der Waals surface area contributed by atoms with E-state index in [1.807, 2.05) is 20.8 Å². The van der Waals surface area contributed by atoms with Gasteiger partial charge in [-0.3, -0.25) is 4.79 Å². The minimum atomic E-state index is -3.67. The number of nitrogens with zero attached hydrogens (tertiary/aromatic N) is 3. The molecule has 0 aliphatic heterocycles. The largest absolute Gasteiger partial charge is 0.477 e. The summed E-state index contributed by atoms with van der Waals surface area (Å²) in [5.74, 6) is -0.179. The number of ether oxygens (including phenoxy) is 1. The monoisotopic (exact) mass is 448 g/mol. The molecule has 0 radical (unpaired) electrons. The number of carbonyl (C=O) groups excluding carboxylic acids is 1. The number of amides is 1. The predicted molar refractivity (Wildman–Crippen MR) is 123 cm³/mol. The van der Waals surface area contributed by atoms with Crippen molar-refractivity contribution in [1.82, 2.24) is 9.29 Å². The smallest absolute Gasteiger partial charge is 0.261 e. The molecule has 31 heavy (non-hydrogen) atoms. The van der Waals surface area contributed by atoms with Gasteiger partial charge in [0.15, 0.2) is 0 Å². The van der Waals surface area contributed by atoms with Crippen LogP contribution in [-0.4, -0.2) is 56.4 Å². The first-order valence-electron chi connectivity index (χ1n) is 10.6. The number of pyridine rings is 1. The first-order valence-corrected chi connectivity index (χ1v) is 12.1. The summed E-state index contributed by atoms with van der Waals surface area (Å²) in [6.45, 7) is 11.9. The fraction of sp³-hybridized carbons (Fsp3) is 0.455. The SMILES string of the molecule is CCOc1ncccc1C(=O)Nc1cc(S(=O)(=O)N(CC)CC)ccc1N(CC)CC. The molecule has 1 aromatic heterocycles. The Morgan fingerprint density at radius 2 is 1.71 bits per heavy atom. The zero-order valence-electron chi connectivity index (χ0n) is 18.9. The fourth-order valence-corrected chi connectivity index (χ4v) is 4.82. The van der Waals surface area contributed by atoms with Gasteiger partial charge in [0.1, 0.15) is 5.56 Å². The molecule has 0 unspecified atom stereocenters. The summed E-state index contributed by atoms with van der Waals surface area (Å²) in [7, 11) is -3.67. The van der Waals surface area contributed by atoms with E-state index in [0.29, 0.717) is 38.5 Å². The first kappa shape index (κ1) is 24.6. The van der Waals surface area contributed by atoms with Crippen molar-refractivity contribution in [2.45, 2.75) is 39.5 Å². The van der Waals surface area contributed by atoms with Crippen molar-refractivity contribution in [1.29, 1.82) is 0 Å². The van der Waals surface area contributed by atoms with Gasteiger partial charge in [0.05, 0.1) is 22.9 Å². The second-order valence-electron chi connectivity index (χ2n) is 6.68. The van der Waals surface area contributed by atoms with Gasteiger partial charge in [-0.2, -0.15) is 4.31 Å². The Kier molecular flexibility index (Phi) is 8.82. The standard InChI is InChI=1S/C22H32N4O4S/c1-6-25(7-2)20-14-13-17(31(28,29)26(8-3)9-4)16-19(20)24-21(27)18-12-11-15-23-22(18)30-10-5/h11-16H,6-10H2,1-5H3,(H,24,27). The molecular formula is C22H32N4O4S. The van der Waals surface area contributed by atoms with Gasteiger partial charge >= 0.3 is 0 Å². The van der Waals surface area contributed by atoms with Gasteiger partial charge in [0.2, 0.25) is 15.9 Å². The maximum atomic E-state index is 13.1. The number of nitrogens with one attached hydrogen (secondary N) is 1. The second-order valence-corrected chi connectivity index (χ2v) is 8.62. The minimum Gasteiger partial charge on any atom is -0.477 e. The summed E-state index contributed by atoms with van der Waals surface area (Å²) < 4.78 is 32.9. The van der Waals surface area contributed by atoms with Crippen molar-refractivity contribution in [2.75, 3.05) is 43.0 Å². The quantitative estimate of drug-likeness (QED) is 0.565. The molecule has 0 fully saturated rings. The number of sulfonamides is 1. The number of aromatic nitrogens is 1. The van der Waals surface area contributed by atoms with Gasteiger partial charge in [0.25, 0.3) is 5.91 Å². The lowest BCUT2D eigenvalue weighted by molar-refractivity contribution is 0.102. The number of hydrogen-bond donors (Lipinski definition) is 1. The van der Waals surface area contributed by atoms with E-state index in [4.69, 9.17) is 4.74 Å². The summed E-state index contributed by atoms with van der Waals surface area (Å²) in [6.07, 6.45) is 1.56. The summed E-state index contributed by atoms with van der Waals surface area (Å²) in [4.78, 5) is 19.4. The van der Waals surface area contributed by atoms with Crippen LogP contribution in [0.15, 0.2) is 41.4 Å². The number of hydrogen-bond acceptors (Lipinski definition) is 6.